The fourth-order valence-corrected chi connectivity index (χ4v) is 3.65. The van der Waals surface area contributed by atoms with E-state index in [-0.39, 0.29) is 17.9 Å². The highest BCUT2D eigenvalue weighted by Gasteiger charge is 2.41. The standard InChI is InChI=1S/C20H20N2O2/c1-14-8-10-15(11-9-14)13-22-17-6-3-2-5-16(17)19(23)21-12-4-7-18(21)20(22)24/h2-3,5-6,8-11,18H,4,7,12-13H2,1H3/t18-/m1/s1. The van der Waals surface area contributed by atoms with Crippen molar-refractivity contribution in [2.75, 3.05) is 11.4 Å². The molecule has 2 amide bonds. The van der Waals surface area contributed by atoms with Gasteiger partial charge in [0, 0.05) is 6.54 Å². The summed E-state index contributed by atoms with van der Waals surface area (Å²) in [5.74, 6) is 0.0132. The highest BCUT2D eigenvalue weighted by Crippen LogP contribution is 2.33. The zero-order chi connectivity index (χ0) is 16.7. The van der Waals surface area contributed by atoms with Gasteiger partial charge in [-0.2, -0.15) is 0 Å². The molecular formula is C20H20N2O2. The number of hydrogen-bond donors (Lipinski definition) is 0. The monoisotopic (exact) mass is 320 g/mol. The van der Waals surface area contributed by atoms with E-state index < -0.39 is 0 Å². The molecule has 0 aliphatic carbocycles. The molecule has 2 aliphatic heterocycles. The highest BCUT2D eigenvalue weighted by molar-refractivity contribution is 6.11. The number of para-hydroxylation sites is 1. The van der Waals surface area contributed by atoms with Crippen LogP contribution in [-0.4, -0.2) is 29.3 Å². The Morgan fingerprint density at radius 1 is 1.04 bits per heavy atom. The van der Waals surface area contributed by atoms with Gasteiger partial charge in [0.05, 0.1) is 17.8 Å². The molecule has 0 bridgehead atoms. The molecule has 4 heteroatoms. The van der Waals surface area contributed by atoms with Gasteiger partial charge >= 0.3 is 0 Å². The van der Waals surface area contributed by atoms with Crippen molar-refractivity contribution < 1.29 is 9.59 Å². The first kappa shape index (κ1) is 14.9. The molecule has 1 fully saturated rings. The van der Waals surface area contributed by atoms with Crippen molar-refractivity contribution in [3.05, 3.63) is 65.2 Å². The average molecular weight is 320 g/mol. The van der Waals surface area contributed by atoms with E-state index in [0.29, 0.717) is 18.7 Å². The van der Waals surface area contributed by atoms with Gasteiger partial charge in [-0.1, -0.05) is 42.0 Å². The Bertz CT molecular complexity index is 798. The normalized spacial score (nSPS) is 20.0. The number of amides is 2. The number of rotatable bonds is 2. The minimum absolute atomic E-state index is 0.0205. The van der Waals surface area contributed by atoms with Gasteiger partial charge in [-0.3, -0.25) is 9.59 Å². The molecule has 1 atom stereocenters. The van der Waals surface area contributed by atoms with Crippen LogP contribution in [0.15, 0.2) is 48.5 Å². The van der Waals surface area contributed by atoms with E-state index in [1.54, 1.807) is 9.80 Å². The topological polar surface area (TPSA) is 40.6 Å². The fraction of sp³-hybridized carbons (Fsp3) is 0.300. The maximum atomic E-state index is 13.1. The fourth-order valence-electron chi connectivity index (χ4n) is 3.65. The van der Waals surface area contributed by atoms with Crippen LogP contribution < -0.4 is 4.90 Å². The van der Waals surface area contributed by atoms with Crippen LogP contribution in [0.2, 0.25) is 0 Å². The summed E-state index contributed by atoms with van der Waals surface area (Å²) in [5.41, 5.74) is 3.62. The number of carbonyl (C=O) groups is 2. The largest absolute Gasteiger partial charge is 0.327 e. The van der Waals surface area contributed by atoms with E-state index in [0.717, 1.165) is 24.1 Å². The molecular weight excluding hydrogens is 300 g/mol. The Labute approximate surface area is 141 Å². The molecule has 4 rings (SSSR count). The molecule has 0 radical (unpaired) electrons. The minimum Gasteiger partial charge on any atom is -0.327 e. The van der Waals surface area contributed by atoms with E-state index in [2.05, 4.69) is 12.1 Å². The average Bonchev–Trinajstić information content (AvgIpc) is 3.07. The second kappa shape index (κ2) is 5.78. The molecule has 0 aromatic heterocycles. The second-order valence-corrected chi connectivity index (χ2v) is 6.58. The van der Waals surface area contributed by atoms with Gasteiger partial charge < -0.3 is 9.80 Å². The van der Waals surface area contributed by atoms with Crippen LogP contribution in [0.3, 0.4) is 0 Å². The van der Waals surface area contributed by atoms with Crippen LogP contribution in [0, 0.1) is 6.92 Å². The number of aryl methyl sites for hydroxylation is 1. The summed E-state index contributed by atoms with van der Waals surface area (Å²) in [6, 6.07) is 15.3. The van der Waals surface area contributed by atoms with Crippen molar-refractivity contribution in [2.24, 2.45) is 0 Å². The van der Waals surface area contributed by atoms with Gasteiger partial charge in [-0.25, -0.2) is 0 Å². The van der Waals surface area contributed by atoms with Gasteiger partial charge in [0.15, 0.2) is 0 Å². The van der Waals surface area contributed by atoms with E-state index >= 15 is 0 Å². The van der Waals surface area contributed by atoms with Crippen LogP contribution in [0.1, 0.15) is 34.3 Å². The zero-order valence-corrected chi connectivity index (χ0v) is 13.7. The molecule has 2 heterocycles. The van der Waals surface area contributed by atoms with Crippen molar-refractivity contribution in [1.29, 1.82) is 0 Å². The Hall–Kier alpha value is -2.62. The third-order valence-electron chi connectivity index (χ3n) is 4.95. The Morgan fingerprint density at radius 3 is 2.58 bits per heavy atom. The van der Waals surface area contributed by atoms with Crippen molar-refractivity contribution in [3.63, 3.8) is 0 Å². The third-order valence-corrected chi connectivity index (χ3v) is 4.95. The summed E-state index contributed by atoms with van der Waals surface area (Å²) < 4.78 is 0. The van der Waals surface area contributed by atoms with E-state index in [9.17, 15) is 9.59 Å². The molecule has 2 aromatic carbocycles. The van der Waals surface area contributed by atoms with Crippen LogP contribution in [0.4, 0.5) is 5.69 Å². The predicted octanol–water partition coefficient (Wildman–Crippen LogP) is 3.15. The number of fused-ring (bicyclic) bond motifs is 2. The maximum absolute atomic E-state index is 13.1. The summed E-state index contributed by atoms with van der Waals surface area (Å²) in [7, 11) is 0. The van der Waals surface area contributed by atoms with E-state index in [1.807, 2.05) is 43.3 Å². The summed E-state index contributed by atoms with van der Waals surface area (Å²) in [6.07, 6.45) is 1.64. The lowest BCUT2D eigenvalue weighted by Gasteiger charge is -2.26. The van der Waals surface area contributed by atoms with Gasteiger partial charge in [0.25, 0.3) is 5.91 Å². The summed E-state index contributed by atoms with van der Waals surface area (Å²) in [5, 5.41) is 0. The first-order chi connectivity index (χ1) is 11.6. The third kappa shape index (κ3) is 2.39. The number of hydrogen-bond acceptors (Lipinski definition) is 2. The molecule has 0 N–H and O–H groups in total. The SMILES string of the molecule is Cc1ccc(CN2C(=O)[C@H]3CCCN3C(=O)c3ccccc32)cc1. The predicted molar refractivity (Wildman–Crippen MR) is 92.9 cm³/mol. The maximum Gasteiger partial charge on any atom is 0.256 e. The number of nitrogens with zero attached hydrogens (tertiary/aromatic N) is 2. The Balaban J connectivity index is 1.78. The quantitative estimate of drug-likeness (QED) is 0.853. The Morgan fingerprint density at radius 2 is 1.79 bits per heavy atom. The first-order valence-electron chi connectivity index (χ1n) is 8.42. The first-order valence-corrected chi connectivity index (χ1v) is 8.42. The van der Waals surface area contributed by atoms with Gasteiger partial charge in [-0.05, 0) is 37.5 Å². The Kier molecular flexibility index (Phi) is 3.60. The van der Waals surface area contributed by atoms with Crippen LogP contribution >= 0.6 is 0 Å². The smallest absolute Gasteiger partial charge is 0.256 e. The van der Waals surface area contributed by atoms with Gasteiger partial charge in [0.2, 0.25) is 5.91 Å². The number of carbonyl (C=O) groups excluding carboxylic acids is 2. The molecule has 0 saturated carbocycles. The number of anilines is 1. The molecule has 0 spiro atoms. The summed E-state index contributed by atoms with van der Waals surface area (Å²) in [4.78, 5) is 29.5. The molecule has 122 valence electrons. The van der Waals surface area contributed by atoms with Crippen molar-refractivity contribution in [3.8, 4) is 0 Å². The molecule has 1 saturated heterocycles. The van der Waals surface area contributed by atoms with Gasteiger partial charge in [-0.15, -0.1) is 0 Å². The lowest BCUT2D eigenvalue weighted by Crippen LogP contribution is -2.44. The van der Waals surface area contributed by atoms with Crippen LogP contribution in [-0.2, 0) is 11.3 Å². The highest BCUT2D eigenvalue weighted by atomic mass is 16.2. The van der Waals surface area contributed by atoms with Crippen molar-refractivity contribution >= 4 is 17.5 Å². The molecule has 24 heavy (non-hydrogen) atoms. The van der Waals surface area contributed by atoms with Gasteiger partial charge in [0.1, 0.15) is 6.04 Å². The second-order valence-electron chi connectivity index (χ2n) is 6.58. The molecule has 4 nitrogen and oxygen atoms in total. The van der Waals surface area contributed by atoms with Crippen LogP contribution in [0.25, 0.3) is 0 Å². The van der Waals surface area contributed by atoms with Crippen molar-refractivity contribution in [2.45, 2.75) is 32.4 Å². The molecule has 2 aliphatic rings. The lowest BCUT2D eigenvalue weighted by atomic mass is 10.1. The van der Waals surface area contributed by atoms with E-state index in [1.165, 1.54) is 5.56 Å². The van der Waals surface area contributed by atoms with E-state index in [4.69, 9.17) is 0 Å². The molecule has 2 aromatic rings. The molecule has 0 unspecified atom stereocenters. The lowest BCUT2D eigenvalue weighted by molar-refractivity contribution is -0.122. The van der Waals surface area contributed by atoms with Crippen LogP contribution in [0.5, 0.6) is 0 Å². The summed E-state index contributed by atoms with van der Waals surface area (Å²) >= 11 is 0. The summed E-state index contributed by atoms with van der Waals surface area (Å²) in [6.45, 7) is 3.21. The van der Waals surface area contributed by atoms with Crippen molar-refractivity contribution in [1.82, 2.24) is 4.90 Å². The number of benzene rings is 2. The minimum atomic E-state index is -0.324. The zero-order valence-electron chi connectivity index (χ0n) is 13.7.